The minimum absolute atomic E-state index is 0.303. The van der Waals surface area contributed by atoms with Crippen LogP contribution in [0, 0.1) is 5.41 Å². The maximum Gasteiger partial charge on any atom is 0.303 e. The molecule has 14 heavy (non-hydrogen) atoms. The molecule has 0 aromatic rings. The highest BCUT2D eigenvalue weighted by molar-refractivity contribution is 5.66. The number of allylic oxidation sites excluding steroid dienone is 2. The van der Waals surface area contributed by atoms with E-state index in [-0.39, 0.29) is 0 Å². The normalized spacial score (nSPS) is 20.3. The van der Waals surface area contributed by atoms with Gasteiger partial charge in [0, 0.05) is 6.42 Å². The van der Waals surface area contributed by atoms with Crippen LogP contribution in [-0.2, 0) is 4.79 Å². The smallest absolute Gasteiger partial charge is 0.303 e. The Labute approximate surface area is 86.0 Å². The maximum atomic E-state index is 10.3. The fraction of sp³-hybridized carbons (Fsp3) is 0.750. The summed E-state index contributed by atoms with van der Waals surface area (Å²) < 4.78 is 0. The van der Waals surface area contributed by atoms with E-state index >= 15 is 0 Å². The Morgan fingerprint density at radius 1 is 1.57 bits per heavy atom. The van der Waals surface area contributed by atoms with Gasteiger partial charge in [-0.2, -0.15) is 0 Å². The number of carboxylic acid groups (broad SMARTS) is 1. The van der Waals surface area contributed by atoms with E-state index in [0.717, 1.165) is 25.7 Å². The van der Waals surface area contributed by atoms with Crippen molar-refractivity contribution >= 4 is 5.97 Å². The Balaban J connectivity index is 2.31. The Morgan fingerprint density at radius 2 is 2.29 bits per heavy atom. The molecular weight excluding hydrogens is 176 g/mol. The fourth-order valence-electron chi connectivity index (χ4n) is 2.10. The van der Waals surface area contributed by atoms with Crippen LogP contribution in [0.2, 0.25) is 0 Å². The highest BCUT2D eigenvalue weighted by Gasteiger charge is 2.22. The van der Waals surface area contributed by atoms with Crippen LogP contribution in [0.1, 0.15) is 52.4 Å². The monoisotopic (exact) mass is 196 g/mol. The molecule has 1 N–H and O–H groups in total. The molecule has 0 bridgehead atoms. The number of carbonyl (C=O) groups is 1. The van der Waals surface area contributed by atoms with Crippen LogP contribution in [0.3, 0.4) is 0 Å². The molecule has 1 rings (SSSR count). The second-order valence-electron chi connectivity index (χ2n) is 4.99. The van der Waals surface area contributed by atoms with Crippen molar-refractivity contribution in [1.29, 1.82) is 0 Å². The quantitative estimate of drug-likeness (QED) is 0.700. The minimum Gasteiger partial charge on any atom is -0.481 e. The van der Waals surface area contributed by atoms with Crippen molar-refractivity contribution in [3.63, 3.8) is 0 Å². The largest absolute Gasteiger partial charge is 0.481 e. The van der Waals surface area contributed by atoms with E-state index < -0.39 is 5.97 Å². The van der Waals surface area contributed by atoms with E-state index in [0.29, 0.717) is 11.8 Å². The van der Waals surface area contributed by atoms with Crippen LogP contribution >= 0.6 is 0 Å². The third-order valence-corrected chi connectivity index (χ3v) is 2.85. The Bertz CT molecular complexity index is 239. The van der Waals surface area contributed by atoms with Gasteiger partial charge in [-0.05, 0) is 37.5 Å². The minimum atomic E-state index is -0.680. The van der Waals surface area contributed by atoms with Crippen molar-refractivity contribution in [1.82, 2.24) is 0 Å². The molecule has 1 aliphatic carbocycles. The van der Waals surface area contributed by atoms with Crippen LogP contribution in [0.25, 0.3) is 0 Å². The summed E-state index contributed by atoms with van der Waals surface area (Å²) >= 11 is 0. The van der Waals surface area contributed by atoms with E-state index in [1.54, 1.807) is 0 Å². The van der Waals surface area contributed by atoms with Crippen molar-refractivity contribution < 1.29 is 9.90 Å². The summed E-state index contributed by atoms with van der Waals surface area (Å²) in [5, 5.41) is 8.53. The Morgan fingerprint density at radius 3 is 2.86 bits per heavy atom. The molecule has 0 amide bonds. The molecule has 0 heterocycles. The number of rotatable bonds is 4. The van der Waals surface area contributed by atoms with Gasteiger partial charge in [0.2, 0.25) is 0 Å². The van der Waals surface area contributed by atoms with Crippen LogP contribution in [-0.4, -0.2) is 11.1 Å². The third-order valence-electron chi connectivity index (χ3n) is 2.85. The van der Waals surface area contributed by atoms with E-state index in [9.17, 15) is 4.79 Å². The second kappa shape index (κ2) is 4.63. The molecule has 1 aliphatic rings. The lowest BCUT2D eigenvalue weighted by atomic mass is 9.76. The summed E-state index contributed by atoms with van der Waals surface area (Å²) in [6.45, 7) is 4.58. The summed E-state index contributed by atoms with van der Waals surface area (Å²) in [5.41, 5.74) is 1.88. The van der Waals surface area contributed by atoms with Crippen molar-refractivity contribution in [3.05, 3.63) is 11.6 Å². The zero-order chi connectivity index (χ0) is 10.6. The average molecular weight is 196 g/mol. The topological polar surface area (TPSA) is 37.3 Å². The molecule has 0 radical (unpaired) electrons. The van der Waals surface area contributed by atoms with Crippen LogP contribution in [0.4, 0.5) is 0 Å². The van der Waals surface area contributed by atoms with Gasteiger partial charge in [0.1, 0.15) is 0 Å². The van der Waals surface area contributed by atoms with Gasteiger partial charge in [-0.1, -0.05) is 25.5 Å². The molecule has 0 aliphatic heterocycles. The van der Waals surface area contributed by atoms with Crippen molar-refractivity contribution in [2.24, 2.45) is 5.41 Å². The third kappa shape index (κ3) is 3.95. The first-order valence-electron chi connectivity index (χ1n) is 5.39. The number of aliphatic carboxylic acids is 1. The van der Waals surface area contributed by atoms with Crippen molar-refractivity contribution in [2.75, 3.05) is 0 Å². The van der Waals surface area contributed by atoms with Crippen molar-refractivity contribution in [3.8, 4) is 0 Å². The summed E-state index contributed by atoms with van der Waals surface area (Å²) in [7, 11) is 0. The molecule has 0 saturated heterocycles. The second-order valence-corrected chi connectivity index (χ2v) is 4.99. The molecule has 80 valence electrons. The predicted molar refractivity (Wildman–Crippen MR) is 57.2 cm³/mol. The number of hydrogen-bond acceptors (Lipinski definition) is 1. The molecule has 0 aromatic heterocycles. The Kier molecular flexibility index (Phi) is 3.73. The lowest BCUT2D eigenvalue weighted by Crippen LogP contribution is -2.15. The predicted octanol–water partition coefficient (Wildman–Crippen LogP) is 3.38. The highest BCUT2D eigenvalue weighted by Crippen LogP contribution is 2.36. The molecule has 0 unspecified atom stereocenters. The summed E-state index contributed by atoms with van der Waals surface area (Å²) in [4.78, 5) is 10.3. The number of carboxylic acids is 1. The molecule has 0 saturated carbocycles. The standard InChI is InChI=1S/C12H20O2/c1-12(2)8-4-6-10(9-12)5-3-7-11(13)14/h6H,3-5,7-9H2,1-2H3,(H,13,14). The van der Waals surface area contributed by atoms with Gasteiger partial charge in [-0.25, -0.2) is 0 Å². The lowest BCUT2D eigenvalue weighted by molar-refractivity contribution is -0.137. The van der Waals surface area contributed by atoms with E-state index in [4.69, 9.17) is 5.11 Å². The first kappa shape index (κ1) is 11.3. The van der Waals surface area contributed by atoms with Gasteiger partial charge in [0.15, 0.2) is 0 Å². The molecule has 0 fully saturated rings. The first-order valence-corrected chi connectivity index (χ1v) is 5.39. The molecule has 2 heteroatoms. The van der Waals surface area contributed by atoms with E-state index in [1.165, 1.54) is 12.0 Å². The summed E-state index contributed by atoms with van der Waals surface area (Å²) in [6, 6.07) is 0. The van der Waals surface area contributed by atoms with Gasteiger partial charge < -0.3 is 5.11 Å². The maximum absolute atomic E-state index is 10.3. The van der Waals surface area contributed by atoms with Gasteiger partial charge in [-0.3, -0.25) is 4.79 Å². The molecule has 2 nitrogen and oxygen atoms in total. The van der Waals surface area contributed by atoms with Crippen LogP contribution < -0.4 is 0 Å². The van der Waals surface area contributed by atoms with Gasteiger partial charge in [0.25, 0.3) is 0 Å². The van der Waals surface area contributed by atoms with Gasteiger partial charge in [0.05, 0.1) is 0 Å². The zero-order valence-electron chi connectivity index (χ0n) is 9.18. The van der Waals surface area contributed by atoms with E-state index in [1.807, 2.05) is 0 Å². The SMILES string of the molecule is CC1(C)CCC=C(CCCC(=O)O)C1. The first-order chi connectivity index (χ1) is 6.49. The average Bonchev–Trinajstić information content (AvgIpc) is 2.01. The van der Waals surface area contributed by atoms with Crippen molar-refractivity contribution in [2.45, 2.75) is 52.4 Å². The Hall–Kier alpha value is -0.790. The molecule has 0 aromatic carbocycles. The van der Waals surface area contributed by atoms with E-state index in [2.05, 4.69) is 19.9 Å². The molecular formula is C12H20O2. The van der Waals surface area contributed by atoms with Gasteiger partial charge >= 0.3 is 5.97 Å². The molecule has 0 spiro atoms. The van der Waals surface area contributed by atoms with Crippen LogP contribution in [0.15, 0.2) is 11.6 Å². The highest BCUT2D eigenvalue weighted by atomic mass is 16.4. The summed E-state index contributed by atoms with van der Waals surface area (Å²) in [6.07, 6.45) is 7.93. The van der Waals surface area contributed by atoms with Crippen LogP contribution in [0.5, 0.6) is 0 Å². The number of hydrogen-bond donors (Lipinski definition) is 1. The fourth-order valence-corrected chi connectivity index (χ4v) is 2.10. The summed E-state index contributed by atoms with van der Waals surface area (Å²) in [5.74, 6) is -0.680. The lowest BCUT2D eigenvalue weighted by Gasteiger charge is -2.29. The molecule has 0 atom stereocenters. The zero-order valence-corrected chi connectivity index (χ0v) is 9.18. The van der Waals surface area contributed by atoms with Gasteiger partial charge in [-0.15, -0.1) is 0 Å².